The van der Waals surface area contributed by atoms with Gasteiger partial charge in [0.05, 0.1) is 0 Å². The van der Waals surface area contributed by atoms with Gasteiger partial charge in [0, 0.05) is 25.9 Å². The molecule has 0 spiro atoms. The Balaban J connectivity index is 1.69. The number of rotatable bonds is 14. The van der Waals surface area contributed by atoms with Crippen LogP contribution in [0.4, 0.5) is 0 Å². The average molecular weight is 462 g/mol. The molecule has 2 rings (SSSR count). The van der Waals surface area contributed by atoms with E-state index in [0.717, 1.165) is 24.0 Å². The number of amides is 2. The van der Waals surface area contributed by atoms with Gasteiger partial charge in [0.25, 0.3) is 0 Å². The molecule has 0 aliphatic carbocycles. The third kappa shape index (κ3) is 11.8. The maximum Gasteiger partial charge on any atom is 0.469 e. The molecule has 0 aliphatic heterocycles. The number of hydrogen-bond donors (Lipinski definition) is 4. The van der Waals surface area contributed by atoms with Gasteiger partial charge in [-0.2, -0.15) is 0 Å². The summed E-state index contributed by atoms with van der Waals surface area (Å²) in [5, 5.41) is 5.24. The smallest absolute Gasteiger partial charge is 0.353 e. The summed E-state index contributed by atoms with van der Waals surface area (Å²) in [4.78, 5) is 42.4. The lowest BCUT2D eigenvalue weighted by atomic mass is 10.1. The molecule has 4 N–H and O–H groups in total. The second-order valence-corrected chi connectivity index (χ2v) is 8.70. The van der Waals surface area contributed by atoms with Gasteiger partial charge in [0.2, 0.25) is 11.8 Å². The fraction of sp³-hybridized carbons (Fsp3) is 0.391. The molecule has 32 heavy (non-hydrogen) atoms. The molecule has 0 saturated heterocycles. The minimum absolute atomic E-state index is 0.112. The lowest BCUT2D eigenvalue weighted by Crippen LogP contribution is -2.41. The van der Waals surface area contributed by atoms with E-state index in [2.05, 4.69) is 10.6 Å². The molecule has 0 bridgehead atoms. The maximum atomic E-state index is 12.1. The number of hydrogen-bond acceptors (Lipinski definition) is 4. The van der Waals surface area contributed by atoms with Gasteiger partial charge >= 0.3 is 7.82 Å². The van der Waals surface area contributed by atoms with Crippen LogP contribution >= 0.6 is 7.82 Å². The van der Waals surface area contributed by atoms with Gasteiger partial charge in [0.15, 0.2) is 0 Å². The first-order chi connectivity index (χ1) is 15.3. The Kier molecular flexibility index (Phi) is 11.1. The lowest BCUT2D eigenvalue weighted by Gasteiger charge is -2.19. The third-order valence-electron chi connectivity index (χ3n) is 4.76. The highest BCUT2D eigenvalue weighted by Gasteiger charge is 2.23. The molecule has 174 valence electrons. The molecule has 0 heterocycles. The number of phosphoric ester groups is 1. The quantitative estimate of drug-likeness (QED) is 0.320. The van der Waals surface area contributed by atoms with Gasteiger partial charge in [-0.25, -0.2) is 4.57 Å². The molecule has 8 nitrogen and oxygen atoms in total. The molecule has 0 radical (unpaired) electrons. The Morgan fingerprint density at radius 2 is 1.19 bits per heavy atom. The normalized spacial score (nSPS) is 11.3. The van der Waals surface area contributed by atoms with Crippen LogP contribution in [0.15, 0.2) is 60.7 Å². The van der Waals surface area contributed by atoms with Crippen molar-refractivity contribution in [1.82, 2.24) is 10.6 Å². The van der Waals surface area contributed by atoms with Gasteiger partial charge in [0.1, 0.15) is 6.10 Å². The Morgan fingerprint density at radius 1 is 0.781 bits per heavy atom. The zero-order valence-corrected chi connectivity index (χ0v) is 18.9. The number of carbonyl (C=O) groups excluding carboxylic acids is 2. The van der Waals surface area contributed by atoms with Crippen LogP contribution < -0.4 is 10.6 Å². The molecule has 0 unspecified atom stereocenters. The largest absolute Gasteiger partial charge is 0.469 e. The molecule has 2 amide bonds. The van der Waals surface area contributed by atoms with Crippen molar-refractivity contribution in [1.29, 1.82) is 0 Å². The second-order valence-electron chi connectivity index (χ2n) is 7.50. The molecule has 0 fully saturated rings. The van der Waals surface area contributed by atoms with Crippen LogP contribution in [0, 0.1) is 0 Å². The Hall–Kier alpha value is -2.51. The van der Waals surface area contributed by atoms with E-state index in [9.17, 15) is 14.2 Å². The first kappa shape index (κ1) is 25.7. The van der Waals surface area contributed by atoms with Crippen LogP contribution in [0.2, 0.25) is 0 Å². The summed E-state index contributed by atoms with van der Waals surface area (Å²) in [5.41, 5.74) is 2.27. The molecule has 0 saturated carbocycles. The number of nitrogens with one attached hydrogen (secondary N) is 2. The highest BCUT2D eigenvalue weighted by atomic mass is 31.2. The van der Waals surface area contributed by atoms with Gasteiger partial charge in [-0.05, 0) is 36.8 Å². The SMILES string of the molecule is O=C(CCCc1ccccc1)NCC(CNC(=O)CCCc1ccccc1)OP(=O)(O)O. The monoisotopic (exact) mass is 462 g/mol. The van der Waals surface area contributed by atoms with E-state index in [1.807, 2.05) is 60.7 Å². The highest BCUT2D eigenvalue weighted by Crippen LogP contribution is 2.37. The van der Waals surface area contributed by atoms with E-state index >= 15 is 0 Å². The number of benzene rings is 2. The van der Waals surface area contributed by atoms with Crippen molar-refractivity contribution in [3.05, 3.63) is 71.8 Å². The first-order valence-corrected chi connectivity index (χ1v) is 12.2. The number of aryl methyl sites for hydroxylation is 2. The van der Waals surface area contributed by atoms with Crippen LogP contribution in [0.25, 0.3) is 0 Å². The summed E-state index contributed by atoms with van der Waals surface area (Å²) in [7, 11) is -4.77. The number of carbonyl (C=O) groups is 2. The van der Waals surface area contributed by atoms with Crippen molar-refractivity contribution in [2.75, 3.05) is 13.1 Å². The summed E-state index contributed by atoms with van der Waals surface area (Å²) in [6.45, 7) is -0.223. The Morgan fingerprint density at radius 3 is 1.56 bits per heavy atom. The zero-order valence-electron chi connectivity index (χ0n) is 18.0. The predicted octanol–water partition coefficient (Wildman–Crippen LogP) is 2.74. The highest BCUT2D eigenvalue weighted by molar-refractivity contribution is 7.46. The van der Waals surface area contributed by atoms with Crippen molar-refractivity contribution in [3.8, 4) is 0 Å². The van der Waals surface area contributed by atoms with Gasteiger partial charge in [-0.3, -0.25) is 14.1 Å². The van der Waals surface area contributed by atoms with Crippen LogP contribution in [0.1, 0.15) is 36.8 Å². The van der Waals surface area contributed by atoms with Crippen LogP contribution in [-0.2, 0) is 31.5 Å². The van der Waals surface area contributed by atoms with Crippen molar-refractivity contribution in [2.45, 2.75) is 44.6 Å². The zero-order chi connectivity index (χ0) is 23.2. The Bertz CT molecular complexity index is 811. The van der Waals surface area contributed by atoms with E-state index in [1.54, 1.807) is 0 Å². The maximum absolute atomic E-state index is 12.1. The molecular formula is C23H31N2O6P. The molecule has 0 aromatic heterocycles. The minimum Gasteiger partial charge on any atom is -0.353 e. The summed E-state index contributed by atoms with van der Waals surface area (Å²) in [6, 6.07) is 19.6. The molecule has 0 atom stereocenters. The van der Waals surface area contributed by atoms with Gasteiger partial charge in [-0.15, -0.1) is 0 Å². The van der Waals surface area contributed by atoms with E-state index < -0.39 is 13.9 Å². The van der Waals surface area contributed by atoms with Crippen molar-refractivity contribution < 1.29 is 28.5 Å². The predicted molar refractivity (Wildman–Crippen MR) is 122 cm³/mol. The van der Waals surface area contributed by atoms with Crippen molar-refractivity contribution in [2.24, 2.45) is 0 Å². The fourth-order valence-corrected chi connectivity index (χ4v) is 3.71. The topological polar surface area (TPSA) is 125 Å². The van der Waals surface area contributed by atoms with Crippen LogP contribution in [0.5, 0.6) is 0 Å². The molecule has 0 aliphatic rings. The van der Waals surface area contributed by atoms with E-state index in [4.69, 9.17) is 14.3 Å². The van der Waals surface area contributed by atoms with Crippen LogP contribution in [0.3, 0.4) is 0 Å². The first-order valence-electron chi connectivity index (χ1n) is 10.7. The Labute approximate surface area is 188 Å². The van der Waals surface area contributed by atoms with Crippen molar-refractivity contribution in [3.63, 3.8) is 0 Å². The summed E-state index contributed by atoms with van der Waals surface area (Å²) in [5.74, 6) is -0.483. The molecular weight excluding hydrogens is 431 g/mol. The number of phosphoric acid groups is 1. The minimum atomic E-state index is -4.77. The van der Waals surface area contributed by atoms with E-state index in [1.165, 1.54) is 0 Å². The molecule has 9 heteroatoms. The molecule has 2 aromatic carbocycles. The standard InChI is InChI=1S/C23H31N2O6P/c26-22(15-7-13-19-9-3-1-4-10-19)24-17-21(31-32(28,29)30)18-25-23(27)16-8-14-20-11-5-2-6-12-20/h1-6,9-12,21H,7-8,13-18H2,(H,24,26)(H,25,27)(H2,28,29,30). The summed E-state index contributed by atoms with van der Waals surface area (Å²) >= 11 is 0. The second kappa shape index (κ2) is 13.8. The molecule has 2 aromatic rings. The van der Waals surface area contributed by atoms with Crippen molar-refractivity contribution >= 4 is 19.6 Å². The van der Waals surface area contributed by atoms with Gasteiger partial charge in [-0.1, -0.05) is 60.7 Å². The van der Waals surface area contributed by atoms with Crippen LogP contribution in [-0.4, -0.2) is 40.8 Å². The van der Waals surface area contributed by atoms with E-state index in [0.29, 0.717) is 12.8 Å². The summed E-state index contributed by atoms with van der Waals surface area (Å²) in [6.07, 6.45) is 2.35. The van der Waals surface area contributed by atoms with Gasteiger partial charge < -0.3 is 20.4 Å². The fourth-order valence-electron chi connectivity index (χ4n) is 3.17. The summed E-state index contributed by atoms with van der Waals surface area (Å²) < 4.78 is 16.0. The average Bonchev–Trinajstić information content (AvgIpc) is 2.76. The third-order valence-corrected chi connectivity index (χ3v) is 5.34. The lowest BCUT2D eigenvalue weighted by molar-refractivity contribution is -0.121. The van der Waals surface area contributed by atoms with E-state index in [-0.39, 0.29) is 37.7 Å².